The highest BCUT2D eigenvalue weighted by atomic mass is 32.2. The van der Waals surface area contributed by atoms with Crippen molar-refractivity contribution in [1.82, 2.24) is 20.5 Å². The standard InChI is InChI=1S/C20H29N5O2S2/c1-4-9-21-18(26)24-10-7-14(8-11-24)22-19(27)25(13(2)3)15-5-6-16-17(12-15)29-20(28)23-16/h5-6,12-14H,4,7-11H2,1-3H3,(H,21,26)(H,22,27)(H,23,28). The smallest absolute Gasteiger partial charge is 0.322 e. The van der Waals surface area contributed by atoms with E-state index in [0.29, 0.717) is 24.0 Å². The molecule has 1 aromatic carbocycles. The summed E-state index contributed by atoms with van der Waals surface area (Å²) in [7, 11) is 0. The molecule has 4 amide bonds. The van der Waals surface area contributed by atoms with Gasteiger partial charge in [0.25, 0.3) is 0 Å². The second kappa shape index (κ2) is 9.67. The van der Waals surface area contributed by atoms with Crippen molar-refractivity contribution >= 4 is 51.9 Å². The molecule has 2 aromatic rings. The van der Waals surface area contributed by atoms with Gasteiger partial charge in [0.1, 0.15) is 4.34 Å². The second-order valence-electron chi connectivity index (χ2n) is 7.55. The normalized spacial score (nSPS) is 15.0. The molecular weight excluding hydrogens is 406 g/mol. The first-order valence-corrected chi connectivity index (χ1v) is 11.4. The average Bonchev–Trinajstić information content (AvgIpc) is 3.05. The molecule has 7 nitrogen and oxygen atoms in total. The van der Waals surface area contributed by atoms with Gasteiger partial charge in [0.15, 0.2) is 0 Å². The number of thiazole rings is 1. The van der Waals surface area contributed by atoms with Crippen LogP contribution in [-0.4, -0.2) is 53.7 Å². The minimum absolute atomic E-state index is 0.00996. The summed E-state index contributed by atoms with van der Waals surface area (Å²) in [6.07, 6.45) is 2.44. The zero-order chi connectivity index (χ0) is 21.0. The summed E-state index contributed by atoms with van der Waals surface area (Å²) >= 11 is 5.82. The van der Waals surface area contributed by atoms with E-state index < -0.39 is 0 Å². The first kappa shape index (κ1) is 21.7. The number of carbonyl (C=O) groups excluding carboxylic acids is 2. The lowest BCUT2D eigenvalue weighted by atomic mass is 10.1. The van der Waals surface area contributed by atoms with E-state index in [1.165, 1.54) is 11.3 Å². The van der Waals surface area contributed by atoms with Crippen LogP contribution < -0.4 is 15.5 Å². The third-order valence-corrected chi connectivity index (χ3v) is 6.20. The van der Waals surface area contributed by atoms with Gasteiger partial charge in [-0.1, -0.05) is 6.92 Å². The minimum Gasteiger partial charge on any atom is -0.338 e. The fraction of sp³-hybridized carbons (Fsp3) is 0.550. The van der Waals surface area contributed by atoms with Crippen LogP contribution in [0.5, 0.6) is 0 Å². The van der Waals surface area contributed by atoms with Crippen LogP contribution in [0.2, 0.25) is 0 Å². The first-order chi connectivity index (χ1) is 13.9. The number of nitrogens with zero attached hydrogens (tertiary/aromatic N) is 3. The van der Waals surface area contributed by atoms with Gasteiger partial charge in [-0.15, -0.1) is 24.0 Å². The summed E-state index contributed by atoms with van der Waals surface area (Å²) in [5, 5.41) is 6.07. The van der Waals surface area contributed by atoms with E-state index in [2.05, 4.69) is 28.2 Å². The third kappa shape index (κ3) is 5.33. The van der Waals surface area contributed by atoms with E-state index in [4.69, 9.17) is 0 Å². The monoisotopic (exact) mass is 435 g/mol. The topological polar surface area (TPSA) is 77.6 Å². The predicted molar refractivity (Wildman–Crippen MR) is 121 cm³/mol. The number of nitrogens with one attached hydrogen (secondary N) is 2. The molecular formula is C20H29N5O2S2. The zero-order valence-corrected chi connectivity index (χ0v) is 18.9. The van der Waals surface area contributed by atoms with Gasteiger partial charge in [0.05, 0.1) is 10.2 Å². The molecule has 9 heteroatoms. The van der Waals surface area contributed by atoms with Crippen molar-refractivity contribution in [2.24, 2.45) is 0 Å². The Hall–Kier alpha value is -2.00. The number of benzene rings is 1. The van der Waals surface area contributed by atoms with Crippen molar-refractivity contribution < 1.29 is 9.59 Å². The van der Waals surface area contributed by atoms with Crippen LogP contribution in [0, 0.1) is 0 Å². The average molecular weight is 436 g/mol. The molecule has 0 radical (unpaired) electrons. The van der Waals surface area contributed by atoms with E-state index in [9.17, 15) is 9.59 Å². The Morgan fingerprint density at radius 2 is 2.07 bits per heavy atom. The maximum atomic E-state index is 13.0. The number of anilines is 1. The molecule has 1 fully saturated rings. The number of amides is 4. The van der Waals surface area contributed by atoms with Crippen LogP contribution >= 0.6 is 24.0 Å². The van der Waals surface area contributed by atoms with Gasteiger partial charge in [-0.05, 0) is 51.3 Å². The summed E-state index contributed by atoms with van der Waals surface area (Å²) in [5.74, 6) is 0. The largest absolute Gasteiger partial charge is 0.338 e. The van der Waals surface area contributed by atoms with Gasteiger partial charge in [0, 0.05) is 37.4 Å². The molecule has 0 saturated carbocycles. The highest BCUT2D eigenvalue weighted by Crippen LogP contribution is 2.29. The van der Waals surface area contributed by atoms with E-state index in [1.807, 2.05) is 43.9 Å². The third-order valence-electron chi connectivity index (χ3n) is 5.01. The maximum absolute atomic E-state index is 13.0. The van der Waals surface area contributed by atoms with Gasteiger partial charge in [-0.25, -0.2) is 14.6 Å². The molecule has 0 bridgehead atoms. The number of thiol groups is 1. The number of carbonyl (C=O) groups is 2. The van der Waals surface area contributed by atoms with Gasteiger partial charge >= 0.3 is 12.1 Å². The first-order valence-electron chi connectivity index (χ1n) is 10.1. The number of hydrogen-bond acceptors (Lipinski definition) is 5. The second-order valence-corrected chi connectivity index (χ2v) is 9.31. The summed E-state index contributed by atoms with van der Waals surface area (Å²) in [6, 6.07) is 5.80. The molecule has 2 N–H and O–H groups in total. The van der Waals surface area contributed by atoms with Crippen LogP contribution in [0.3, 0.4) is 0 Å². The minimum atomic E-state index is -0.108. The molecule has 0 aliphatic carbocycles. The molecule has 158 valence electrons. The highest BCUT2D eigenvalue weighted by Gasteiger charge is 2.27. The van der Waals surface area contributed by atoms with Gasteiger partial charge in [-0.2, -0.15) is 0 Å². The van der Waals surface area contributed by atoms with Crippen molar-refractivity contribution in [1.29, 1.82) is 0 Å². The predicted octanol–water partition coefficient (Wildman–Crippen LogP) is 4.09. The van der Waals surface area contributed by atoms with Crippen molar-refractivity contribution in [3.63, 3.8) is 0 Å². The maximum Gasteiger partial charge on any atom is 0.322 e. The van der Waals surface area contributed by atoms with Crippen molar-refractivity contribution in [3.05, 3.63) is 18.2 Å². The Labute approximate surface area is 181 Å². The fourth-order valence-corrected chi connectivity index (χ4v) is 4.66. The van der Waals surface area contributed by atoms with E-state index >= 15 is 0 Å². The Kier molecular flexibility index (Phi) is 7.23. The van der Waals surface area contributed by atoms with Crippen LogP contribution in [0.1, 0.15) is 40.0 Å². The van der Waals surface area contributed by atoms with Gasteiger partial charge in [-0.3, -0.25) is 4.90 Å². The van der Waals surface area contributed by atoms with Crippen LogP contribution in [-0.2, 0) is 0 Å². The van der Waals surface area contributed by atoms with E-state index in [-0.39, 0.29) is 24.1 Å². The van der Waals surface area contributed by atoms with Crippen molar-refractivity contribution in [2.75, 3.05) is 24.5 Å². The summed E-state index contributed by atoms with van der Waals surface area (Å²) in [4.78, 5) is 33.1. The van der Waals surface area contributed by atoms with Crippen LogP contribution in [0.4, 0.5) is 15.3 Å². The Morgan fingerprint density at radius 3 is 2.72 bits per heavy atom. The number of hydrogen-bond donors (Lipinski definition) is 3. The van der Waals surface area contributed by atoms with E-state index in [0.717, 1.165) is 35.2 Å². The SMILES string of the molecule is CCCNC(=O)N1CCC(NC(=O)N(c2ccc3nc(S)sc3c2)C(C)C)CC1. The Balaban J connectivity index is 1.62. The van der Waals surface area contributed by atoms with E-state index in [1.54, 1.807) is 4.90 Å². The summed E-state index contributed by atoms with van der Waals surface area (Å²) in [6.45, 7) is 8.03. The number of piperidine rings is 1. The molecule has 1 saturated heterocycles. The molecule has 1 aliphatic rings. The molecule has 3 rings (SSSR count). The number of likely N-dealkylation sites (tertiary alicyclic amines) is 1. The van der Waals surface area contributed by atoms with Crippen LogP contribution in [0.25, 0.3) is 10.2 Å². The van der Waals surface area contributed by atoms with Crippen molar-refractivity contribution in [2.45, 2.75) is 56.5 Å². The highest BCUT2D eigenvalue weighted by molar-refractivity contribution is 7.82. The lowest BCUT2D eigenvalue weighted by molar-refractivity contribution is 0.176. The number of fused-ring (bicyclic) bond motifs is 1. The van der Waals surface area contributed by atoms with Crippen molar-refractivity contribution in [3.8, 4) is 0 Å². The lowest BCUT2D eigenvalue weighted by Gasteiger charge is -2.34. The zero-order valence-electron chi connectivity index (χ0n) is 17.1. The number of aromatic nitrogens is 1. The lowest BCUT2D eigenvalue weighted by Crippen LogP contribution is -2.53. The van der Waals surface area contributed by atoms with Crippen LogP contribution in [0.15, 0.2) is 22.5 Å². The molecule has 1 aliphatic heterocycles. The molecule has 2 heterocycles. The number of rotatable bonds is 5. The molecule has 29 heavy (non-hydrogen) atoms. The Bertz CT molecular complexity index is 862. The fourth-order valence-electron chi connectivity index (χ4n) is 3.52. The van der Waals surface area contributed by atoms with Gasteiger partial charge < -0.3 is 15.5 Å². The molecule has 1 aromatic heterocycles. The molecule has 0 unspecified atom stereocenters. The Morgan fingerprint density at radius 1 is 1.34 bits per heavy atom. The quantitative estimate of drug-likeness (QED) is 0.619. The van der Waals surface area contributed by atoms with Gasteiger partial charge in [0.2, 0.25) is 0 Å². The summed E-state index contributed by atoms with van der Waals surface area (Å²) < 4.78 is 1.73. The summed E-state index contributed by atoms with van der Waals surface area (Å²) in [5.41, 5.74) is 1.74. The number of urea groups is 2. The molecule has 0 atom stereocenters. The molecule has 0 spiro atoms.